The Bertz CT molecular complexity index is 237. The van der Waals surface area contributed by atoms with Gasteiger partial charge in [0.15, 0.2) is 0 Å². The predicted molar refractivity (Wildman–Crippen MR) is 57.8 cm³/mol. The molecule has 1 atom stereocenters. The van der Waals surface area contributed by atoms with Crippen molar-refractivity contribution in [1.82, 2.24) is 10.2 Å². The molecular weight excluding hydrogens is 174 g/mol. The van der Waals surface area contributed by atoms with E-state index >= 15 is 0 Å². The molecule has 0 amide bonds. The van der Waals surface area contributed by atoms with Gasteiger partial charge < -0.3 is 10.6 Å². The molecule has 3 aliphatic rings. The monoisotopic (exact) mass is 193 g/mol. The summed E-state index contributed by atoms with van der Waals surface area (Å²) in [6.45, 7) is 4.90. The van der Waals surface area contributed by atoms with Crippen molar-refractivity contribution in [3.8, 4) is 12.3 Å². The van der Waals surface area contributed by atoms with Gasteiger partial charge in [0, 0.05) is 18.6 Å². The maximum atomic E-state index is 5.91. The molecule has 0 radical (unpaired) electrons. The Morgan fingerprint density at radius 1 is 1.50 bits per heavy atom. The van der Waals surface area contributed by atoms with Crippen LogP contribution in [0.1, 0.15) is 12.8 Å². The molecule has 3 fully saturated rings. The first-order valence-electron chi connectivity index (χ1n) is 5.41. The number of fused-ring (bicyclic) bond motifs is 3. The fourth-order valence-electron chi connectivity index (χ4n) is 2.90. The highest BCUT2D eigenvalue weighted by Crippen LogP contribution is 2.34. The van der Waals surface area contributed by atoms with E-state index in [-0.39, 0.29) is 5.54 Å². The van der Waals surface area contributed by atoms with Gasteiger partial charge in [0.25, 0.3) is 0 Å². The van der Waals surface area contributed by atoms with Gasteiger partial charge in [-0.05, 0) is 31.8 Å². The summed E-state index contributed by atoms with van der Waals surface area (Å²) < 4.78 is 0. The topological polar surface area (TPSA) is 41.3 Å². The Hall–Kier alpha value is -0.560. The summed E-state index contributed by atoms with van der Waals surface area (Å²) in [5.41, 5.74) is 6.01. The second-order valence-corrected chi connectivity index (χ2v) is 4.47. The normalized spacial score (nSPS) is 40.9. The van der Waals surface area contributed by atoms with E-state index in [9.17, 15) is 0 Å². The minimum atomic E-state index is 0.100. The van der Waals surface area contributed by atoms with Crippen LogP contribution < -0.4 is 11.1 Å². The van der Waals surface area contributed by atoms with Crippen LogP contribution in [-0.2, 0) is 0 Å². The second kappa shape index (κ2) is 3.90. The third-order valence-corrected chi connectivity index (χ3v) is 3.78. The Kier molecular flexibility index (Phi) is 2.78. The summed E-state index contributed by atoms with van der Waals surface area (Å²) in [5, 5.41) is 3.46. The average molecular weight is 193 g/mol. The summed E-state index contributed by atoms with van der Waals surface area (Å²) in [6, 6.07) is 0. The van der Waals surface area contributed by atoms with E-state index in [1.165, 1.54) is 25.9 Å². The summed E-state index contributed by atoms with van der Waals surface area (Å²) in [7, 11) is 0. The lowest BCUT2D eigenvalue weighted by Gasteiger charge is -2.53. The smallest absolute Gasteiger partial charge is 0.0579 e. The number of nitrogens with two attached hydrogens (primary N) is 1. The third kappa shape index (κ3) is 1.54. The van der Waals surface area contributed by atoms with Crippen molar-refractivity contribution < 1.29 is 0 Å². The van der Waals surface area contributed by atoms with Crippen LogP contribution in [-0.4, -0.2) is 43.2 Å². The molecule has 3 rings (SSSR count). The molecule has 0 aliphatic carbocycles. The van der Waals surface area contributed by atoms with E-state index in [2.05, 4.69) is 16.1 Å². The standard InChI is InChI=1S/C11H19N3/c1-2-5-13-11(8-12)9-14-6-3-10(11)4-7-14/h1,10,13H,3-9,12H2. The van der Waals surface area contributed by atoms with E-state index in [4.69, 9.17) is 12.2 Å². The first-order chi connectivity index (χ1) is 6.80. The van der Waals surface area contributed by atoms with Gasteiger partial charge in [-0.1, -0.05) is 5.92 Å². The molecule has 3 heterocycles. The van der Waals surface area contributed by atoms with E-state index in [1.54, 1.807) is 0 Å². The van der Waals surface area contributed by atoms with Crippen LogP contribution in [0, 0.1) is 18.3 Å². The van der Waals surface area contributed by atoms with Gasteiger partial charge in [0.05, 0.1) is 6.54 Å². The zero-order valence-corrected chi connectivity index (χ0v) is 8.63. The lowest BCUT2D eigenvalue weighted by Crippen LogP contribution is -2.69. The van der Waals surface area contributed by atoms with E-state index < -0.39 is 0 Å². The van der Waals surface area contributed by atoms with E-state index in [0.717, 1.165) is 12.5 Å². The third-order valence-electron chi connectivity index (χ3n) is 3.78. The number of hydrogen-bond donors (Lipinski definition) is 2. The lowest BCUT2D eigenvalue weighted by atomic mass is 9.73. The molecule has 2 bridgehead atoms. The van der Waals surface area contributed by atoms with Gasteiger partial charge in [-0.25, -0.2) is 0 Å². The van der Waals surface area contributed by atoms with Crippen molar-refractivity contribution in [2.45, 2.75) is 18.4 Å². The summed E-state index contributed by atoms with van der Waals surface area (Å²) >= 11 is 0. The lowest BCUT2D eigenvalue weighted by molar-refractivity contribution is 0.0134. The SMILES string of the molecule is C#CCNC1(CN)CN2CCC1CC2. The molecule has 0 aromatic heterocycles. The number of hydrogen-bond acceptors (Lipinski definition) is 3. The molecule has 3 heteroatoms. The molecule has 3 aliphatic heterocycles. The van der Waals surface area contributed by atoms with Crippen LogP contribution in [0.3, 0.4) is 0 Å². The predicted octanol–water partition coefficient (Wildman–Crippen LogP) is -0.368. The largest absolute Gasteiger partial charge is 0.329 e. The Morgan fingerprint density at radius 3 is 2.64 bits per heavy atom. The Morgan fingerprint density at radius 2 is 2.21 bits per heavy atom. The van der Waals surface area contributed by atoms with E-state index in [1.807, 2.05) is 0 Å². The molecule has 0 aromatic carbocycles. The van der Waals surface area contributed by atoms with Crippen LogP contribution in [0.4, 0.5) is 0 Å². The summed E-state index contributed by atoms with van der Waals surface area (Å²) in [5.74, 6) is 3.38. The van der Waals surface area contributed by atoms with Crippen molar-refractivity contribution in [2.24, 2.45) is 11.7 Å². The molecule has 3 saturated heterocycles. The van der Waals surface area contributed by atoms with Gasteiger partial charge in [0.1, 0.15) is 0 Å². The highest BCUT2D eigenvalue weighted by atomic mass is 15.2. The summed E-state index contributed by atoms with van der Waals surface area (Å²) in [4.78, 5) is 2.50. The molecule has 78 valence electrons. The van der Waals surface area contributed by atoms with Crippen LogP contribution >= 0.6 is 0 Å². The minimum Gasteiger partial charge on any atom is -0.329 e. The first kappa shape index (κ1) is 9.97. The Balaban J connectivity index is 2.08. The highest BCUT2D eigenvalue weighted by molar-refractivity contribution is 5.06. The molecular formula is C11H19N3. The van der Waals surface area contributed by atoms with Crippen molar-refractivity contribution in [3.05, 3.63) is 0 Å². The zero-order valence-electron chi connectivity index (χ0n) is 8.63. The van der Waals surface area contributed by atoms with Gasteiger partial charge in [-0.15, -0.1) is 6.42 Å². The van der Waals surface area contributed by atoms with E-state index in [0.29, 0.717) is 13.1 Å². The van der Waals surface area contributed by atoms with Crippen LogP contribution in [0.15, 0.2) is 0 Å². The molecule has 0 spiro atoms. The first-order valence-corrected chi connectivity index (χ1v) is 5.41. The number of nitrogens with one attached hydrogen (secondary N) is 1. The maximum Gasteiger partial charge on any atom is 0.0579 e. The number of terminal acetylenes is 1. The zero-order chi connectivity index (χ0) is 10.0. The van der Waals surface area contributed by atoms with Crippen LogP contribution in [0.25, 0.3) is 0 Å². The fraction of sp³-hybridized carbons (Fsp3) is 0.818. The van der Waals surface area contributed by atoms with Gasteiger partial charge in [-0.3, -0.25) is 5.32 Å². The average Bonchev–Trinajstić information content (AvgIpc) is 2.28. The quantitative estimate of drug-likeness (QED) is 0.601. The van der Waals surface area contributed by atoms with Crippen LogP contribution in [0.5, 0.6) is 0 Å². The molecule has 3 nitrogen and oxygen atoms in total. The Labute approximate surface area is 86.0 Å². The van der Waals surface area contributed by atoms with Crippen LogP contribution in [0.2, 0.25) is 0 Å². The highest BCUT2D eigenvalue weighted by Gasteiger charge is 2.45. The number of rotatable bonds is 3. The van der Waals surface area contributed by atoms with Crippen molar-refractivity contribution >= 4 is 0 Å². The molecule has 1 unspecified atom stereocenters. The molecule has 0 aromatic rings. The molecule has 3 N–H and O–H groups in total. The number of nitrogens with zero attached hydrogens (tertiary/aromatic N) is 1. The molecule has 0 saturated carbocycles. The van der Waals surface area contributed by atoms with Crippen molar-refractivity contribution in [2.75, 3.05) is 32.7 Å². The maximum absolute atomic E-state index is 5.91. The number of piperidine rings is 3. The van der Waals surface area contributed by atoms with Crippen molar-refractivity contribution in [3.63, 3.8) is 0 Å². The van der Waals surface area contributed by atoms with Gasteiger partial charge in [-0.2, -0.15) is 0 Å². The van der Waals surface area contributed by atoms with Crippen molar-refractivity contribution in [1.29, 1.82) is 0 Å². The fourth-order valence-corrected chi connectivity index (χ4v) is 2.90. The van der Waals surface area contributed by atoms with Gasteiger partial charge >= 0.3 is 0 Å². The minimum absolute atomic E-state index is 0.100. The second-order valence-electron chi connectivity index (χ2n) is 4.47. The summed E-state index contributed by atoms with van der Waals surface area (Å²) in [6.07, 6.45) is 7.84. The molecule has 14 heavy (non-hydrogen) atoms. The van der Waals surface area contributed by atoms with Gasteiger partial charge in [0.2, 0.25) is 0 Å².